The zero-order valence-corrected chi connectivity index (χ0v) is 11.8. The van der Waals surface area contributed by atoms with Crippen molar-refractivity contribution in [3.8, 4) is 0 Å². The van der Waals surface area contributed by atoms with Gasteiger partial charge < -0.3 is 10.2 Å². The van der Waals surface area contributed by atoms with Gasteiger partial charge in [0.05, 0.1) is 23.8 Å². The fourth-order valence-corrected chi connectivity index (χ4v) is 2.92. The highest BCUT2D eigenvalue weighted by molar-refractivity contribution is 5.70. The zero-order valence-electron chi connectivity index (χ0n) is 11.8. The van der Waals surface area contributed by atoms with E-state index in [9.17, 15) is 9.90 Å². The van der Waals surface area contributed by atoms with E-state index in [-0.39, 0.29) is 12.1 Å². The minimum Gasteiger partial charge on any atom is -0.481 e. The van der Waals surface area contributed by atoms with Crippen LogP contribution in [-0.4, -0.2) is 32.1 Å². The summed E-state index contributed by atoms with van der Waals surface area (Å²) in [6.45, 7) is 5.59. The monoisotopic (exact) mass is 266 g/mol. The lowest BCUT2D eigenvalue weighted by atomic mass is 10.00. The van der Waals surface area contributed by atoms with E-state index in [1.807, 2.05) is 18.5 Å². The van der Waals surface area contributed by atoms with E-state index in [0.717, 1.165) is 36.2 Å². The van der Waals surface area contributed by atoms with Crippen LogP contribution in [0.1, 0.15) is 49.2 Å². The Hall–Kier alpha value is -1.36. The molecule has 0 radical (unpaired) electrons. The minimum atomic E-state index is -0.785. The minimum absolute atomic E-state index is 0.0487. The molecular formula is C14H22N2O3. The van der Waals surface area contributed by atoms with Crippen LogP contribution in [-0.2, 0) is 11.2 Å². The summed E-state index contributed by atoms with van der Waals surface area (Å²) >= 11 is 0. The highest BCUT2D eigenvalue weighted by Crippen LogP contribution is 2.32. The molecule has 0 spiro atoms. The first-order chi connectivity index (χ1) is 8.91. The average molecular weight is 266 g/mol. The lowest BCUT2D eigenvalue weighted by Gasteiger charge is -2.17. The van der Waals surface area contributed by atoms with Gasteiger partial charge in [0.25, 0.3) is 0 Å². The van der Waals surface area contributed by atoms with Crippen LogP contribution in [0.5, 0.6) is 0 Å². The molecule has 19 heavy (non-hydrogen) atoms. The highest BCUT2D eigenvalue weighted by atomic mass is 16.4. The molecule has 0 bridgehead atoms. The van der Waals surface area contributed by atoms with Gasteiger partial charge in [0.2, 0.25) is 0 Å². The van der Waals surface area contributed by atoms with E-state index in [2.05, 4.69) is 5.10 Å². The number of aryl methyl sites for hydroxylation is 1. The van der Waals surface area contributed by atoms with Crippen molar-refractivity contribution in [3.63, 3.8) is 0 Å². The quantitative estimate of drug-likeness (QED) is 0.872. The Balaban J connectivity index is 2.26. The van der Waals surface area contributed by atoms with Crippen molar-refractivity contribution >= 4 is 5.97 Å². The molecule has 3 unspecified atom stereocenters. The van der Waals surface area contributed by atoms with Crippen LogP contribution in [0.3, 0.4) is 0 Å². The Morgan fingerprint density at radius 1 is 1.47 bits per heavy atom. The van der Waals surface area contributed by atoms with Gasteiger partial charge in [-0.2, -0.15) is 5.10 Å². The Kier molecular flexibility index (Phi) is 3.94. The number of aliphatic carboxylic acids is 1. The van der Waals surface area contributed by atoms with Crippen molar-refractivity contribution in [2.24, 2.45) is 5.92 Å². The molecular weight excluding hydrogens is 244 g/mol. The van der Waals surface area contributed by atoms with E-state index in [1.165, 1.54) is 0 Å². The van der Waals surface area contributed by atoms with Crippen LogP contribution in [0.2, 0.25) is 0 Å². The topological polar surface area (TPSA) is 75.3 Å². The number of nitrogens with zero attached hydrogens (tertiary/aromatic N) is 2. The van der Waals surface area contributed by atoms with Crippen LogP contribution >= 0.6 is 0 Å². The predicted molar refractivity (Wildman–Crippen MR) is 71.1 cm³/mol. The Morgan fingerprint density at radius 2 is 2.16 bits per heavy atom. The summed E-state index contributed by atoms with van der Waals surface area (Å²) in [5.41, 5.74) is 2.88. The molecule has 1 saturated carbocycles. The summed E-state index contributed by atoms with van der Waals surface area (Å²) in [4.78, 5) is 11.0. The molecule has 2 rings (SSSR count). The first kappa shape index (κ1) is 14.1. The number of carboxylic acid groups (broad SMARTS) is 1. The molecule has 106 valence electrons. The molecule has 1 aromatic heterocycles. The molecule has 0 amide bonds. The normalized spacial score (nSPS) is 24.6. The fraction of sp³-hybridized carbons (Fsp3) is 0.714. The summed E-state index contributed by atoms with van der Waals surface area (Å²) in [6.07, 6.45) is 2.95. The number of carbonyl (C=O) groups is 1. The zero-order chi connectivity index (χ0) is 14.2. The van der Waals surface area contributed by atoms with Crippen molar-refractivity contribution < 1.29 is 15.0 Å². The number of carboxylic acids is 1. The Morgan fingerprint density at radius 3 is 2.68 bits per heavy atom. The first-order valence-electron chi connectivity index (χ1n) is 6.87. The fourth-order valence-electron chi connectivity index (χ4n) is 2.92. The molecule has 5 heteroatoms. The number of aliphatic hydroxyl groups excluding tert-OH is 1. The van der Waals surface area contributed by atoms with Gasteiger partial charge >= 0.3 is 5.97 Å². The second kappa shape index (κ2) is 5.33. The van der Waals surface area contributed by atoms with Gasteiger partial charge in [-0.05, 0) is 45.1 Å². The number of hydrogen-bond acceptors (Lipinski definition) is 3. The SMILES string of the molecule is Cc1nn(C2CCCC2O)c(C)c1CC(C)C(=O)O. The Bertz CT molecular complexity index is 481. The Labute approximate surface area is 113 Å². The van der Waals surface area contributed by atoms with Gasteiger partial charge in [-0.25, -0.2) is 0 Å². The van der Waals surface area contributed by atoms with Crippen molar-refractivity contribution in [1.82, 2.24) is 9.78 Å². The van der Waals surface area contributed by atoms with Gasteiger partial charge in [-0.1, -0.05) is 6.92 Å². The molecule has 0 aromatic carbocycles. The van der Waals surface area contributed by atoms with Crippen molar-refractivity contribution in [1.29, 1.82) is 0 Å². The molecule has 1 aliphatic carbocycles. The lowest BCUT2D eigenvalue weighted by Crippen LogP contribution is -2.20. The number of hydrogen-bond donors (Lipinski definition) is 2. The molecule has 3 atom stereocenters. The number of aliphatic hydroxyl groups is 1. The highest BCUT2D eigenvalue weighted by Gasteiger charge is 2.30. The van der Waals surface area contributed by atoms with Crippen LogP contribution in [0, 0.1) is 19.8 Å². The summed E-state index contributed by atoms with van der Waals surface area (Å²) in [5.74, 6) is -1.20. The van der Waals surface area contributed by atoms with Crippen molar-refractivity contribution in [3.05, 3.63) is 17.0 Å². The van der Waals surface area contributed by atoms with E-state index in [0.29, 0.717) is 6.42 Å². The molecule has 1 aromatic rings. The summed E-state index contributed by atoms with van der Waals surface area (Å²) in [7, 11) is 0. The largest absolute Gasteiger partial charge is 0.481 e. The molecule has 1 heterocycles. The van der Waals surface area contributed by atoms with Gasteiger partial charge in [0, 0.05) is 5.69 Å². The van der Waals surface area contributed by atoms with E-state index >= 15 is 0 Å². The number of rotatable bonds is 4. The summed E-state index contributed by atoms with van der Waals surface area (Å²) < 4.78 is 1.90. The van der Waals surface area contributed by atoms with Crippen molar-refractivity contribution in [2.75, 3.05) is 0 Å². The predicted octanol–water partition coefficient (Wildman–Crippen LogP) is 1.85. The van der Waals surface area contributed by atoms with Gasteiger partial charge in [0.15, 0.2) is 0 Å². The molecule has 0 aliphatic heterocycles. The second-order valence-electron chi connectivity index (χ2n) is 5.60. The molecule has 1 fully saturated rings. The standard InChI is InChI=1S/C14H22N2O3/c1-8(14(18)19)7-11-9(2)15-16(10(11)3)12-5-4-6-13(12)17/h8,12-13,17H,4-7H2,1-3H3,(H,18,19). The number of aromatic nitrogens is 2. The lowest BCUT2D eigenvalue weighted by molar-refractivity contribution is -0.141. The third-order valence-electron chi connectivity index (χ3n) is 4.16. The molecule has 0 saturated heterocycles. The summed E-state index contributed by atoms with van der Waals surface area (Å²) in [5, 5.41) is 23.5. The molecule has 5 nitrogen and oxygen atoms in total. The third kappa shape index (κ3) is 2.66. The van der Waals surface area contributed by atoms with E-state index < -0.39 is 11.9 Å². The van der Waals surface area contributed by atoms with Gasteiger partial charge in [0.1, 0.15) is 0 Å². The van der Waals surface area contributed by atoms with E-state index in [1.54, 1.807) is 6.92 Å². The van der Waals surface area contributed by atoms with Crippen molar-refractivity contribution in [2.45, 2.75) is 58.6 Å². The van der Waals surface area contributed by atoms with Crippen LogP contribution < -0.4 is 0 Å². The smallest absolute Gasteiger partial charge is 0.306 e. The maximum atomic E-state index is 11.0. The van der Waals surface area contributed by atoms with Crippen LogP contribution in [0.15, 0.2) is 0 Å². The second-order valence-corrected chi connectivity index (χ2v) is 5.60. The van der Waals surface area contributed by atoms with E-state index in [4.69, 9.17) is 5.11 Å². The molecule has 2 N–H and O–H groups in total. The van der Waals surface area contributed by atoms with Crippen LogP contribution in [0.25, 0.3) is 0 Å². The van der Waals surface area contributed by atoms with Crippen LogP contribution in [0.4, 0.5) is 0 Å². The van der Waals surface area contributed by atoms with Gasteiger partial charge in [-0.15, -0.1) is 0 Å². The average Bonchev–Trinajstić information content (AvgIpc) is 2.87. The summed E-state index contributed by atoms with van der Waals surface area (Å²) in [6, 6.07) is 0.0487. The maximum Gasteiger partial charge on any atom is 0.306 e. The third-order valence-corrected chi connectivity index (χ3v) is 4.16. The maximum absolute atomic E-state index is 11.0. The van der Waals surface area contributed by atoms with Gasteiger partial charge in [-0.3, -0.25) is 9.48 Å². The molecule has 1 aliphatic rings. The first-order valence-corrected chi connectivity index (χ1v) is 6.87.